The maximum atomic E-state index is 13.2. The summed E-state index contributed by atoms with van der Waals surface area (Å²) in [6.07, 6.45) is 0. The molecule has 4 atom stereocenters. The second kappa shape index (κ2) is 11.0. The number of fused-ring (bicyclic) bond motifs is 1. The van der Waals surface area contributed by atoms with Crippen LogP contribution >= 0.6 is 46.6 Å². The number of carbonyl (C=O) groups excluding carboxylic acids is 3. The Labute approximate surface area is 227 Å². The molecule has 0 aliphatic carbocycles. The van der Waals surface area contributed by atoms with Crippen LogP contribution in [0.4, 0.5) is 5.69 Å². The molecular weight excluding hydrogens is 549 g/mol. The quantitative estimate of drug-likeness (QED) is 0.283. The van der Waals surface area contributed by atoms with Crippen LogP contribution in [-0.4, -0.2) is 68.4 Å². The number of benzene rings is 2. The minimum absolute atomic E-state index is 0.243. The highest BCUT2D eigenvalue weighted by Gasteiger charge is 2.62. The zero-order valence-electron chi connectivity index (χ0n) is 19.2. The van der Waals surface area contributed by atoms with Gasteiger partial charge in [-0.05, 0) is 31.2 Å². The normalized spacial score (nSPS) is 25.3. The smallest absolute Gasteiger partial charge is 0.331 e. The van der Waals surface area contributed by atoms with E-state index in [-0.39, 0.29) is 6.61 Å². The van der Waals surface area contributed by atoms with Gasteiger partial charge in [0.15, 0.2) is 12.6 Å². The van der Waals surface area contributed by atoms with Crippen LogP contribution < -0.4 is 15.4 Å². The van der Waals surface area contributed by atoms with Crippen molar-refractivity contribution in [3.8, 4) is 5.75 Å². The SMILES string of the molecule is CC1(Nc2ccccc2)CS[C@H]2C(NC(=O)COc3ccccc3)C(=O)N2C1C(=O)OCC(Cl)(Cl)Cl. The van der Waals surface area contributed by atoms with E-state index < -0.39 is 51.2 Å². The number of esters is 1. The molecule has 0 radical (unpaired) electrons. The molecule has 2 aliphatic heterocycles. The third-order valence-corrected chi connectivity index (χ3v) is 7.68. The van der Waals surface area contributed by atoms with E-state index in [0.29, 0.717) is 11.5 Å². The highest BCUT2D eigenvalue weighted by molar-refractivity contribution is 8.00. The lowest BCUT2D eigenvalue weighted by Crippen LogP contribution is -2.80. The summed E-state index contributed by atoms with van der Waals surface area (Å²) >= 11 is 18.8. The molecule has 0 aromatic heterocycles. The number of nitrogens with zero attached hydrogens (tertiary/aromatic N) is 1. The lowest BCUT2D eigenvalue weighted by atomic mass is 9.87. The van der Waals surface area contributed by atoms with E-state index in [1.807, 2.05) is 43.3 Å². The molecule has 2 N–H and O–H groups in total. The largest absolute Gasteiger partial charge is 0.484 e. The number of rotatable bonds is 8. The van der Waals surface area contributed by atoms with E-state index in [2.05, 4.69) is 10.6 Å². The number of amides is 2. The number of nitrogens with one attached hydrogen (secondary N) is 2. The summed E-state index contributed by atoms with van der Waals surface area (Å²) in [6, 6.07) is 16.4. The Morgan fingerprint density at radius 1 is 1.11 bits per heavy atom. The van der Waals surface area contributed by atoms with Crippen molar-refractivity contribution in [3.63, 3.8) is 0 Å². The molecule has 2 aromatic rings. The van der Waals surface area contributed by atoms with Crippen molar-refractivity contribution < 1.29 is 23.9 Å². The number of para-hydroxylation sites is 2. The molecule has 8 nitrogen and oxygen atoms in total. The summed E-state index contributed by atoms with van der Waals surface area (Å²) in [7, 11) is 0. The van der Waals surface area contributed by atoms with Crippen LogP contribution in [-0.2, 0) is 19.1 Å². The number of β-lactam (4-membered cyclic amide) rings is 1. The third kappa shape index (κ3) is 6.14. The fourth-order valence-corrected chi connectivity index (χ4v) is 5.83. The van der Waals surface area contributed by atoms with Crippen LogP contribution in [0.3, 0.4) is 0 Å². The number of ether oxygens (including phenoxy) is 2. The number of hydrogen-bond donors (Lipinski definition) is 2. The zero-order chi connectivity index (χ0) is 25.9. The van der Waals surface area contributed by atoms with Gasteiger partial charge in [0, 0.05) is 11.4 Å². The van der Waals surface area contributed by atoms with Crippen molar-refractivity contribution in [1.82, 2.24) is 10.2 Å². The maximum Gasteiger partial charge on any atom is 0.331 e. The van der Waals surface area contributed by atoms with Crippen molar-refractivity contribution in [3.05, 3.63) is 60.7 Å². The van der Waals surface area contributed by atoms with Crippen molar-refractivity contribution in [2.24, 2.45) is 0 Å². The van der Waals surface area contributed by atoms with Gasteiger partial charge < -0.3 is 25.0 Å². The highest BCUT2D eigenvalue weighted by Crippen LogP contribution is 2.44. The average Bonchev–Trinajstić information content (AvgIpc) is 2.85. The van der Waals surface area contributed by atoms with Gasteiger partial charge in [0.2, 0.25) is 9.70 Å². The molecule has 36 heavy (non-hydrogen) atoms. The number of alkyl halides is 3. The first kappa shape index (κ1) is 26.7. The van der Waals surface area contributed by atoms with Crippen molar-refractivity contribution in [1.29, 1.82) is 0 Å². The first-order valence-corrected chi connectivity index (χ1v) is 13.2. The minimum atomic E-state index is -1.80. The molecule has 0 spiro atoms. The third-order valence-electron chi connectivity index (χ3n) is 5.75. The molecule has 2 aromatic carbocycles. The zero-order valence-corrected chi connectivity index (χ0v) is 22.2. The molecule has 0 bridgehead atoms. The Morgan fingerprint density at radius 3 is 2.39 bits per heavy atom. The lowest BCUT2D eigenvalue weighted by Gasteiger charge is -2.58. The van der Waals surface area contributed by atoms with Crippen LogP contribution in [0.2, 0.25) is 0 Å². The van der Waals surface area contributed by atoms with Gasteiger partial charge in [-0.1, -0.05) is 71.2 Å². The number of carbonyl (C=O) groups is 3. The molecule has 0 saturated carbocycles. The number of halogens is 3. The van der Waals surface area contributed by atoms with Crippen LogP contribution in [0.1, 0.15) is 6.92 Å². The number of hydrogen-bond acceptors (Lipinski definition) is 7. The molecule has 2 fully saturated rings. The molecular formula is C24H24Cl3N3O5S. The van der Waals surface area contributed by atoms with E-state index in [1.54, 1.807) is 24.3 Å². The summed E-state index contributed by atoms with van der Waals surface area (Å²) in [5, 5.41) is 5.62. The first-order valence-electron chi connectivity index (χ1n) is 11.0. The van der Waals surface area contributed by atoms with Crippen LogP contribution in [0.15, 0.2) is 60.7 Å². The number of thioether (sulfide) groups is 1. The molecule has 2 aliphatic rings. The van der Waals surface area contributed by atoms with Crippen LogP contribution in [0.25, 0.3) is 0 Å². The van der Waals surface area contributed by atoms with E-state index in [0.717, 1.165) is 5.69 Å². The lowest BCUT2D eigenvalue weighted by molar-refractivity contribution is -0.168. The van der Waals surface area contributed by atoms with E-state index >= 15 is 0 Å². The maximum absolute atomic E-state index is 13.2. The second-order valence-corrected chi connectivity index (χ2v) is 12.2. The van der Waals surface area contributed by atoms with Crippen molar-refractivity contribution in [2.45, 2.75) is 33.7 Å². The predicted molar refractivity (Wildman–Crippen MR) is 140 cm³/mol. The van der Waals surface area contributed by atoms with Gasteiger partial charge in [-0.25, -0.2) is 4.79 Å². The average molecular weight is 573 g/mol. The predicted octanol–water partition coefficient (Wildman–Crippen LogP) is 3.62. The molecule has 2 heterocycles. The molecule has 3 unspecified atom stereocenters. The molecule has 12 heteroatoms. The van der Waals surface area contributed by atoms with Crippen LogP contribution in [0, 0.1) is 0 Å². The van der Waals surface area contributed by atoms with Gasteiger partial charge in [0.25, 0.3) is 5.91 Å². The second-order valence-electron chi connectivity index (χ2n) is 8.63. The first-order chi connectivity index (χ1) is 17.1. The van der Waals surface area contributed by atoms with Gasteiger partial charge >= 0.3 is 5.97 Å². The molecule has 2 saturated heterocycles. The summed E-state index contributed by atoms with van der Waals surface area (Å²) in [6.45, 7) is 1.12. The van der Waals surface area contributed by atoms with Crippen molar-refractivity contribution >= 4 is 70.0 Å². The van der Waals surface area contributed by atoms with Gasteiger partial charge in [0.1, 0.15) is 23.8 Å². The Kier molecular flexibility index (Phi) is 8.14. The summed E-state index contributed by atoms with van der Waals surface area (Å²) in [5.41, 5.74) is -0.122. The topological polar surface area (TPSA) is 97.0 Å². The van der Waals surface area contributed by atoms with Gasteiger partial charge in [-0.2, -0.15) is 0 Å². The van der Waals surface area contributed by atoms with Crippen molar-refractivity contribution in [2.75, 3.05) is 24.3 Å². The van der Waals surface area contributed by atoms with E-state index in [4.69, 9.17) is 44.3 Å². The Hall–Kier alpha value is -2.33. The Balaban J connectivity index is 1.47. The monoisotopic (exact) mass is 571 g/mol. The van der Waals surface area contributed by atoms with Gasteiger partial charge in [0.05, 0.1) is 5.54 Å². The fraction of sp³-hybridized carbons (Fsp3) is 0.375. The summed E-state index contributed by atoms with van der Waals surface area (Å²) in [5.74, 6) is -0.568. The van der Waals surface area contributed by atoms with E-state index in [1.165, 1.54) is 16.7 Å². The highest BCUT2D eigenvalue weighted by atomic mass is 35.6. The summed E-state index contributed by atoms with van der Waals surface area (Å²) in [4.78, 5) is 40.3. The number of anilines is 1. The standard InChI is InChI=1S/C24H24Cl3N3O5S/c1-23(29-15-8-4-2-5-9-15)14-36-21-18(28-17(31)12-34-16-10-6-3-7-11-16)20(32)30(21)19(23)22(33)35-13-24(25,26)27/h2-11,18-19,21,29H,12-14H2,1H3,(H,28,31)/t18?,19?,21-,23?/m0/s1. The van der Waals surface area contributed by atoms with Gasteiger partial charge in [-0.15, -0.1) is 11.8 Å². The summed E-state index contributed by atoms with van der Waals surface area (Å²) < 4.78 is 8.97. The Morgan fingerprint density at radius 2 is 1.75 bits per heavy atom. The van der Waals surface area contributed by atoms with E-state index in [9.17, 15) is 14.4 Å². The molecule has 192 valence electrons. The fourth-order valence-electron chi connectivity index (χ4n) is 4.16. The van der Waals surface area contributed by atoms with Gasteiger partial charge in [-0.3, -0.25) is 9.59 Å². The molecule has 2 amide bonds. The minimum Gasteiger partial charge on any atom is -0.484 e. The Bertz CT molecular complexity index is 1110. The van der Waals surface area contributed by atoms with Crippen LogP contribution in [0.5, 0.6) is 5.75 Å². The molecule has 4 rings (SSSR count).